The normalized spacial score (nSPS) is 15.0. The Balaban J connectivity index is 1.66. The molecule has 2 heterocycles. The van der Waals surface area contributed by atoms with Gasteiger partial charge in [0.05, 0.1) is 11.7 Å². The maximum absolute atomic E-state index is 12.7. The Morgan fingerprint density at radius 1 is 1.28 bits per heavy atom. The van der Waals surface area contributed by atoms with Crippen LogP contribution in [-0.2, 0) is 6.42 Å². The van der Waals surface area contributed by atoms with E-state index in [0.717, 1.165) is 12.1 Å². The molecule has 5 heteroatoms. The second-order valence-corrected chi connectivity index (χ2v) is 7.53. The number of benzene rings is 1. The largest absolute Gasteiger partial charge is 0.391 e. The molecular formula is C20H25N3O2. The molecular weight excluding hydrogens is 314 g/mol. The molecule has 0 saturated carbocycles. The third-order valence-corrected chi connectivity index (χ3v) is 4.62. The van der Waals surface area contributed by atoms with Gasteiger partial charge in [-0.2, -0.15) is 0 Å². The molecule has 5 nitrogen and oxygen atoms in total. The third-order valence-electron chi connectivity index (χ3n) is 4.62. The lowest BCUT2D eigenvalue weighted by atomic mass is 9.89. The fourth-order valence-electron chi connectivity index (χ4n) is 2.84. The van der Waals surface area contributed by atoms with Crippen LogP contribution < -0.4 is 10.2 Å². The van der Waals surface area contributed by atoms with E-state index < -0.39 is 6.10 Å². The lowest BCUT2D eigenvalue weighted by molar-refractivity contribution is 0.0745. The Labute approximate surface area is 148 Å². The summed E-state index contributed by atoms with van der Waals surface area (Å²) in [7, 11) is 0. The summed E-state index contributed by atoms with van der Waals surface area (Å²) >= 11 is 0. The maximum atomic E-state index is 12.7. The molecule has 1 amide bonds. The Kier molecular flexibility index (Phi) is 4.77. The van der Waals surface area contributed by atoms with Crippen molar-refractivity contribution in [2.45, 2.75) is 33.3 Å². The smallest absolute Gasteiger partial charge is 0.259 e. The highest BCUT2D eigenvalue weighted by molar-refractivity contribution is 6.07. The molecule has 1 unspecified atom stereocenters. The first kappa shape index (κ1) is 17.4. The first-order chi connectivity index (χ1) is 11.9. The molecule has 0 saturated heterocycles. The van der Waals surface area contributed by atoms with Gasteiger partial charge in [0.1, 0.15) is 5.82 Å². The Morgan fingerprint density at radius 3 is 2.72 bits per heavy atom. The predicted molar refractivity (Wildman–Crippen MR) is 100 cm³/mol. The average molecular weight is 339 g/mol. The summed E-state index contributed by atoms with van der Waals surface area (Å²) in [6, 6.07) is 11.6. The number of para-hydroxylation sites is 1. The number of nitrogens with one attached hydrogen (secondary N) is 1. The van der Waals surface area contributed by atoms with Gasteiger partial charge in [-0.05, 0) is 35.6 Å². The molecule has 25 heavy (non-hydrogen) atoms. The minimum atomic E-state index is -0.475. The summed E-state index contributed by atoms with van der Waals surface area (Å²) in [5.74, 6) is 0.625. The maximum Gasteiger partial charge on any atom is 0.259 e. The molecule has 0 bridgehead atoms. The number of rotatable bonds is 4. The van der Waals surface area contributed by atoms with E-state index >= 15 is 0 Å². The van der Waals surface area contributed by atoms with E-state index in [2.05, 4.69) is 16.4 Å². The SMILES string of the molecule is CC(C)(C)C(O)CNc1ccc(C(=O)N2CCc3ccccc32)cn1. The van der Waals surface area contributed by atoms with Gasteiger partial charge >= 0.3 is 0 Å². The van der Waals surface area contributed by atoms with Crippen molar-refractivity contribution in [3.05, 3.63) is 53.7 Å². The van der Waals surface area contributed by atoms with E-state index in [0.29, 0.717) is 24.5 Å². The van der Waals surface area contributed by atoms with Gasteiger partial charge < -0.3 is 15.3 Å². The fraction of sp³-hybridized carbons (Fsp3) is 0.400. The Hall–Kier alpha value is -2.40. The zero-order chi connectivity index (χ0) is 18.0. The molecule has 132 valence electrons. The topological polar surface area (TPSA) is 65.5 Å². The van der Waals surface area contributed by atoms with Gasteiger partial charge in [-0.3, -0.25) is 4.79 Å². The minimum Gasteiger partial charge on any atom is -0.391 e. The number of aliphatic hydroxyl groups is 1. The highest BCUT2D eigenvalue weighted by Gasteiger charge is 2.25. The van der Waals surface area contributed by atoms with Crippen molar-refractivity contribution in [3.63, 3.8) is 0 Å². The van der Waals surface area contributed by atoms with Gasteiger partial charge in [0.25, 0.3) is 5.91 Å². The summed E-state index contributed by atoms with van der Waals surface area (Å²) in [5.41, 5.74) is 2.58. The first-order valence-electron chi connectivity index (χ1n) is 8.64. The van der Waals surface area contributed by atoms with E-state index in [-0.39, 0.29) is 11.3 Å². The van der Waals surface area contributed by atoms with Crippen molar-refractivity contribution in [1.29, 1.82) is 0 Å². The summed E-state index contributed by atoms with van der Waals surface area (Å²) < 4.78 is 0. The number of aromatic nitrogens is 1. The van der Waals surface area contributed by atoms with Gasteiger partial charge in [-0.1, -0.05) is 39.0 Å². The van der Waals surface area contributed by atoms with Crippen LogP contribution in [-0.4, -0.2) is 35.2 Å². The van der Waals surface area contributed by atoms with Gasteiger partial charge in [0.2, 0.25) is 0 Å². The summed E-state index contributed by atoms with van der Waals surface area (Å²) in [6.07, 6.45) is 2.01. The minimum absolute atomic E-state index is 0.0290. The number of aliphatic hydroxyl groups excluding tert-OH is 1. The van der Waals surface area contributed by atoms with Crippen LogP contribution in [0.4, 0.5) is 11.5 Å². The van der Waals surface area contributed by atoms with Gasteiger partial charge in [-0.25, -0.2) is 4.98 Å². The van der Waals surface area contributed by atoms with Gasteiger partial charge in [-0.15, -0.1) is 0 Å². The number of carbonyl (C=O) groups excluding carboxylic acids is 1. The van der Waals surface area contributed by atoms with Crippen molar-refractivity contribution in [2.75, 3.05) is 23.3 Å². The van der Waals surface area contributed by atoms with Crippen molar-refractivity contribution in [2.24, 2.45) is 5.41 Å². The van der Waals surface area contributed by atoms with Crippen LogP contribution in [0.1, 0.15) is 36.7 Å². The summed E-state index contributed by atoms with van der Waals surface area (Å²) in [5, 5.41) is 13.2. The third kappa shape index (κ3) is 3.82. The number of hydrogen-bond acceptors (Lipinski definition) is 4. The van der Waals surface area contributed by atoms with E-state index in [1.165, 1.54) is 5.56 Å². The molecule has 0 aliphatic carbocycles. The lowest BCUT2D eigenvalue weighted by Crippen LogP contribution is -2.33. The second-order valence-electron chi connectivity index (χ2n) is 7.53. The number of amides is 1. The van der Waals surface area contributed by atoms with Crippen LogP contribution in [0.2, 0.25) is 0 Å². The van der Waals surface area contributed by atoms with Crippen molar-refractivity contribution < 1.29 is 9.90 Å². The Bertz CT molecular complexity index is 750. The standard InChI is InChI=1S/C20H25N3O2/c1-20(2,3)17(24)13-22-18-9-8-15(12-21-18)19(25)23-11-10-14-6-4-5-7-16(14)23/h4-9,12,17,24H,10-11,13H2,1-3H3,(H,21,22). The van der Waals surface area contributed by atoms with Crippen molar-refractivity contribution in [1.82, 2.24) is 4.98 Å². The zero-order valence-electron chi connectivity index (χ0n) is 15.0. The molecule has 1 aromatic heterocycles. The number of fused-ring (bicyclic) bond motifs is 1. The predicted octanol–water partition coefficient (Wildman–Crippen LogP) is 3.10. The second kappa shape index (κ2) is 6.84. The highest BCUT2D eigenvalue weighted by Crippen LogP contribution is 2.28. The molecule has 1 atom stereocenters. The fourth-order valence-corrected chi connectivity index (χ4v) is 2.84. The molecule has 1 aliphatic rings. The van der Waals surface area contributed by atoms with E-state index in [9.17, 15) is 9.90 Å². The summed E-state index contributed by atoms with van der Waals surface area (Å²) in [6.45, 7) is 7.09. The van der Waals surface area contributed by atoms with E-state index in [1.807, 2.05) is 43.9 Å². The molecule has 0 radical (unpaired) electrons. The number of pyridine rings is 1. The molecule has 2 N–H and O–H groups in total. The van der Waals surface area contributed by atoms with Gasteiger partial charge in [0, 0.05) is 25.0 Å². The van der Waals surface area contributed by atoms with Crippen LogP contribution in [0.5, 0.6) is 0 Å². The molecule has 3 rings (SSSR count). The van der Waals surface area contributed by atoms with Crippen molar-refractivity contribution in [3.8, 4) is 0 Å². The van der Waals surface area contributed by atoms with Crippen LogP contribution in [0.25, 0.3) is 0 Å². The number of hydrogen-bond donors (Lipinski definition) is 2. The summed E-state index contributed by atoms with van der Waals surface area (Å²) in [4.78, 5) is 18.9. The highest BCUT2D eigenvalue weighted by atomic mass is 16.3. The van der Waals surface area contributed by atoms with Crippen LogP contribution in [0.3, 0.4) is 0 Å². The molecule has 1 aliphatic heterocycles. The lowest BCUT2D eigenvalue weighted by Gasteiger charge is -2.26. The first-order valence-corrected chi connectivity index (χ1v) is 8.64. The Morgan fingerprint density at radius 2 is 2.04 bits per heavy atom. The van der Waals surface area contributed by atoms with Crippen LogP contribution in [0, 0.1) is 5.41 Å². The van der Waals surface area contributed by atoms with Gasteiger partial charge in [0.15, 0.2) is 0 Å². The molecule has 0 fully saturated rings. The zero-order valence-corrected chi connectivity index (χ0v) is 15.0. The average Bonchev–Trinajstić information content (AvgIpc) is 3.02. The quantitative estimate of drug-likeness (QED) is 0.898. The van der Waals surface area contributed by atoms with E-state index in [1.54, 1.807) is 18.3 Å². The van der Waals surface area contributed by atoms with Crippen LogP contribution in [0.15, 0.2) is 42.6 Å². The van der Waals surface area contributed by atoms with E-state index in [4.69, 9.17) is 0 Å². The molecule has 1 aromatic carbocycles. The number of carbonyl (C=O) groups is 1. The molecule has 2 aromatic rings. The monoisotopic (exact) mass is 339 g/mol. The van der Waals surface area contributed by atoms with Crippen LogP contribution >= 0.6 is 0 Å². The van der Waals surface area contributed by atoms with Crippen molar-refractivity contribution >= 4 is 17.4 Å². The number of anilines is 2. The molecule has 0 spiro atoms. The number of nitrogens with zero attached hydrogens (tertiary/aromatic N) is 2.